The Morgan fingerprint density at radius 3 is 3.16 bits per heavy atom. The molecule has 3 unspecified atom stereocenters. The average molecular weight is 281 g/mol. The van der Waals surface area contributed by atoms with Crippen molar-refractivity contribution in [3.8, 4) is 0 Å². The quantitative estimate of drug-likeness (QED) is 0.890. The molecule has 2 aliphatic rings. The molecule has 0 aliphatic carbocycles. The van der Waals surface area contributed by atoms with Crippen LogP contribution >= 0.6 is 11.3 Å². The first-order chi connectivity index (χ1) is 9.15. The molecule has 1 aromatic heterocycles. The van der Waals surface area contributed by atoms with E-state index in [-0.39, 0.29) is 24.0 Å². The van der Waals surface area contributed by atoms with Crippen LogP contribution in [0.2, 0.25) is 0 Å². The van der Waals surface area contributed by atoms with E-state index in [0.717, 1.165) is 36.8 Å². The van der Waals surface area contributed by atoms with Gasteiger partial charge in [-0.2, -0.15) is 0 Å². The summed E-state index contributed by atoms with van der Waals surface area (Å²) in [4.78, 5) is 18.7. The highest BCUT2D eigenvalue weighted by Gasteiger charge is 2.44. The van der Waals surface area contributed by atoms with Crippen LogP contribution < -0.4 is 5.32 Å². The maximum Gasteiger partial charge on any atom is 0.225 e. The number of hydrogen-bond donors (Lipinski definition) is 1. The number of aryl methyl sites for hydroxylation is 1. The molecule has 6 heteroatoms. The van der Waals surface area contributed by atoms with Gasteiger partial charge in [-0.05, 0) is 13.3 Å². The Morgan fingerprint density at radius 1 is 1.63 bits per heavy atom. The number of morpholine rings is 1. The Kier molecular flexibility index (Phi) is 3.56. The fraction of sp³-hybridized carbons (Fsp3) is 0.692. The predicted octanol–water partition coefficient (Wildman–Crippen LogP) is 0.787. The molecule has 1 aromatic rings. The summed E-state index contributed by atoms with van der Waals surface area (Å²) >= 11 is 1.69. The Morgan fingerprint density at radius 2 is 2.47 bits per heavy atom. The highest BCUT2D eigenvalue weighted by Crippen LogP contribution is 2.32. The van der Waals surface area contributed by atoms with E-state index in [0.29, 0.717) is 0 Å². The van der Waals surface area contributed by atoms with Gasteiger partial charge >= 0.3 is 0 Å². The van der Waals surface area contributed by atoms with Gasteiger partial charge in [0.05, 0.1) is 28.8 Å². The lowest BCUT2D eigenvalue weighted by molar-refractivity contribution is -0.127. The zero-order valence-electron chi connectivity index (χ0n) is 11.3. The molecule has 3 rings (SSSR count). The molecule has 0 saturated carbocycles. The van der Waals surface area contributed by atoms with E-state index in [1.165, 1.54) is 0 Å². The molecule has 5 nitrogen and oxygen atoms in total. The number of hydrogen-bond acceptors (Lipinski definition) is 5. The second-order valence-electron chi connectivity index (χ2n) is 5.30. The summed E-state index contributed by atoms with van der Waals surface area (Å²) in [6.45, 7) is 4.62. The molecule has 2 bridgehead atoms. The smallest absolute Gasteiger partial charge is 0.225 e. The number of aromatic nitrogens is 1. The van der Waals surface area contributed by atoms with Crippen LogP contribution in [0.5, 0.6) is 0 Å². The van der Waals surface area contributed by atoms with Crippen LogP contribution in [0.4, 0.5) is 0 Å². The number of thiazole rings is 1. The average Bonchev–Trinajstić information content (AvgIpc) is 2.92. The van der Waals surface area contributed by atoms with Gasteiger partial charge in [-0.3, -0.25) is 9.69 Å². The fourth-order valence-electron chi connectivity index (χ4n) is 3.04. The lowest BCUT2D eigenvalue weighted by atomic mass is 10.00. The van der Waals surface area contributed by atoms with Gasteiger partial charge in [0, 0.05) is 32.1 Å². The molecule has 19 heavy (non-hydrogen) atoms. The zero-order chi connectivity index (χ0) is 13.4. The Labute approximate surface area is 117 Å². The molecule has 0 radical (unpaired) electrons. The zero-order valence-corrected chi connectivity index (χ0v) is 12.1. The summed E-state index contributed by atoms with van der Waals surface area (Å²) in [6, 6.07) is 0. The Bertz CT molecular complexity index is 476. The molecule has 1 N–H and O–H groups in total. The summed E-state index contributed by atoms with van der Waals surface area (Å²) in [7, 11) is 1.69. The van der Waals surface area contributed by atoms with Crippen LogP contribution in [0.3, 0.4) is 0 Å². The SMILES string of the molecule is CNC(=O)C1CC2CN(Cc3csc(C)n3)CC1O2. The van der Waals surface area contributed by atoms with E-state index < -0.39 is 0 Å². The van der Waals surface area contributed by atoms with Crippen LogP contribution in [0.15, 0.2) is 5.38 Å². The summed E-state index contributed by atoms with van der Waals surface area (Å²) in [6.07, 6.45) is 1.08. The van der Waals surface area contributed by atoms with Gasteiger partial charge < -0.3 is 10.1 Å². The second kappa shape index (κ2) is 5.19. The van der Waals surface area contributed by atoms with Crippen molar-refractivity contribution in [2.24, 2.45) is 5.92 Å². The molecule has 1 amide bonds. The van der Waals surface area contributed by atoms with E-state index >= 15 is 0 Å². The van der Waals surface area contributed by atoms with Crippen LogP contribution in [0, 0.1) is 12.8 Å². The minimum Gasteiger partial charge on any atom is -0.371 e. The standard InChI is InChI=1S/C13H19N3O2S/c1-8-15-9(7-19-8)4-16-5-10-3-11(13(17)14-2)12(6-16)18-10/h7,10-12H,3-6H2,1-2H3,(H,14,17). The highest BCUT2D eigenvalue weighted by atomic mass is 32.1. The van der Waals surface area contributed by atoms with Gasteiger partial charge in [-0.25, -0.2) is 4.98 Å². The second-order valence-corrected chi connectivity index (χ2v) is 6.37. The van der Waals surface area contributed by atoms with Crippen molar-refractivity contribution in [2.45, 2.75) is 32.1 Å². The van der Waals surface area contributed by atoms with Crippen molar-refractivity contribution in [3.05, 3.63) is 16.1 Å². The molecule has 104 valence electrons. The normalized spacial score (nSPS) is 30.5. The molecular formula is C13H19N3O2S. The number of fused-ring (bicyclic) bond motifs is 2. The van der Waals surface area contributed by atoms with Crippen molar-refractivity contribution in [1.29, 1.82) is 0 Å². The van der Waals surface area contributed by atoms with E-state index in [9.17, 15) is 4.79 Å². The van der Waals surface area contributed by atoms with E-state index in [1.54, 1.807) is 18.4 Å². The van der Waals surface area contributed by atoms with Crippen molar-refractivity contribution in [3.63, 3.8) is 0 Å². The first-order valence-electron chi connectivity index (χ1n) is 6.66. The van der Waals surface area contributed by atoms with Gasteiger partial charge in [-0.1, -0.05) is 0 Å². The van der Waals surface area contributed by atoms with Crippen LogP contribution in [-0.4, -0.2) is 48.1 Å². The Balaban J connectivity index is 1.64. The van der Waals surface area contributed by atoms with Gasteiger partial charge in [0.15, 0.2) is 0 Å². The number of rotatable bonds is 3. The van der Waals surface area contributed by atoms with Crippen LogP contribution in [0.25, 0.3) is 0 Å². The number of ether oxygens (including phenoxy) is 1. The monoisotopic (exact) mass is 281 g/mol. The Hall–Kier alpha value is -0.980. The summed E-state index contributed by atoms with van der Waals surface area (Å²) in [5.74, 6) is 0.121. The van der Waals surface area contributed by atoms with Gasteiger partial charge in [0.2, 0.25) is 5.91 Å². The predicted molar refractivity (Wildman–Crippen MR) is 73.0 cm³/mol. The third-order valence-corrected chi connectivity index (χ3v) is 4.69. The molecule has 3 heterocycles. The number of likely N-dealkylation sites (tertiary alicyclic amines) is 1. The number of nitrogens with one attached hydrogen (secondary N) is 1. The summed E-state index contributed by atoms with van der Waals surface area (Å²) in [5, 5.41) is 5.96. The van der Waals surface area contributed by atoms with E-state index in [2.05, 4.69) is 20.6 Å². The number of amides is 1. The third kappa shape index (κ3) is 2.66. The van der Waals surface area contributed by atoms with Crippen LogP contribution in [0.1, 0.15) is 17.1 Å². The van der Waals surface area contributed by atoms with Crippen molar-refractivity contribution in [2.75, 3.05) is 20.1 Å². The van der Waals surface area contributed by atoms with Crippen molar-refractivity contribution < 1.29 is 9.53 Å². The number of carbonyl (C=O) groups excluding carboxylic acids is 1. The molecular weight excluding hydrogens is 262 g/mol. The molecule has 2 aliphatic heterocycles. The molecule has 3 atom stereocenters. The highest BCUT2D eigenvalue weighted by molar-refractivity contribution is 7.09. The first kappa shape index (κ1) is 13.0. The topological polar surface area (TPSA) is 54.5 Å². The largest absolute Gasteiger partial charge is 0.371 e. The van der Waals surface area contributed by atoms with Gasteiger partial charge in [0.25, 0.3) is 0 Å². The maximum absolute atomic E-state index is 11.8. The van der Waals surface area contributed by atoms with E-state index in [4.69, 9.17) is 4.74 Å². The minimum absolute atomic E-state index is 0.0113. The van der Waals surface area contributed by atoms with Crippen molar-refractivity contribution >= 4 is 17.2 Å². The lowest BCUT2D eigenvalue weighted by Gasteiger charge is -2.32. The molecule has 0 spiro atoms. The number of carbonyl (C=O) groups is 1. The summed E-state index contributed by atoms with van der Waals surface area (Å²) in [5.41, 5.74) is 1.13. The molecule has 2 fully saturated rings. The molecule has 0 aromatic carbocycles. The molecule has 2 saturated heterocycles. The van der Waals surface area contributed by atoms with Crippen LogP contribution in [-0.2, 0) is 16.1 Å². The van der Waals surface area contributed by atoms with Gasteiger partial charge in [-0.15, -0.1) is 11.3 Å². The lowest BCUT2D eigenvalue weighted by Crippen LogP contribution is -2.44. The first-order valence-corrected chi connectivity index (χ1v) is 7.54. The van der Waals surface area contributed by atoms with E-state index in [1.807, 2.05) is 6.92 Å². The summed E-state index contributed by atoms with van der Waals surface area (Å²) < 4.78 is 5.89. The van der Waals surface area contributed by atoms with Gasteiger partial charge in [0.1, 0.15) is 0 Å². The third-order valence-electron chi connectivity index (χ3n) is 3.87. The number of nitrogens with zero attached hydrogens (tertiary/aromatic N) is 2. The maximum atomic E-state index is 11.8. The minimum atomic E-state index is 0.0113. The van der Waals surface area contributed by atoms with Crippen molar-refractivity contribution in [1.82, 2.24) is 15.2 Å². The fourth-order valence-corrected chi connectivity index (χ4v) is 3.64.